The highest BCUT2D eigenvalue weighted by molar-refractivity contribution is 7.91. The lowest BCUT2D eigenvalue weighted by atomic mass is 10.2. The average molecular weight is 262 g/mol. The predicted molar refractivity (Wildman–Crippen MR) is 73.5 cm³/mol. The second-order valence-electron chi connectivity index (χ2n) is 3.93. The number of sulfonamides is 1. The first-order valence-corrected chi connectivity index (χ1v) is 7.11. The summed E-state index contributed by atoms with van der Waals surface area (Å²) >= 11 is 0. The summed E-state index contributed by atoms with van der Waals surface area (Å²) in [6.45, 7) is 0. The molecule has 0 unspecified atom stereocenters. The van der Waals surface area contributed by atoms with E-state index in [0.717, 1.165) is 5.56 Å². The van der Waals surface area contributed by atoms with Gasteiger partial charge in [-0.25, -0.2) is 8.42 Å². The second-order valence-corrected chi connectivity index (χ2v) is 5.66. The third-order valence-electron chi connectivity index (χ3n) is 2.43. The van der Waals surface area contributed by atoms with Crippen molar-refractivity contribution in [1.29, 1.82) is 0 Å². The summed E-state index contributed by atoms with van der Waals surface area (Å²) in [4.78, 5) is 0. The van der Waals surface area contributed by atoms with Gasteiger partial charge in [0.15, 0.2) is 0 Å². The largest absolute Gasteiger partial charge is 0.397 e. The minimum Gasteiger partial charge on any atom is -0.397 e. The molecule has 0 saturated carbocycles. The Balaban J connectivity index is 2.16. The molecule has 0 atom stereocenters. The van der Waals surface area contributed by atoms with Crippen molar-refractivity contribution >= 4 is 21.4 Å². The van der Waals surface area contributed by atoms with Crippen molar-refractivity contribution in [3.63, 3.8) is 0 Å². The van der Waals surface area contributed by atoms with Gasteiger partial charge in [-0.3, -0.25) is 4.72 Å². The molecule has 0 heterocycles. The van der Waals surface area contributed by atoms with Crippen molar-refractivity contribution < 1.29 is 8.42 Å². The predicted octanol–water partition coefficient (Wildman–Crippen LogP) is 2.21. The van der Waals surface area contributed by atoms with E-state index in [1.807, 2.05) is 18.2 Å². The SMILES string of the molecule is Nc1ccccc1NS(=O)(=O)Cc1ccccc1. The van der Waals surface area contributed by atoms with Gasteiger partial charge in [0.2, 0.25) is 10.0 Å². The van der Waals surface area contributed by atoms with Crippen LogP contribution >= 0.6 is 0 Å². The summed E-state index contributed by atoms with van der Waals surface area (Å²) in [6, 6.07) is 15.8. The summed E-state index contributed by atoms with van der Waals surface area (Å²) < 4.78 is 26.4. The summed E-state index contributed by atoms with van der Waals surface area (Å²) in [5.41, 5.74) is 7.25. The third kappa shape index (κ3) is 3.24. The normalized spacial score (nSPS) is 11.1. The lowest BCUT2D eigenvalue weighted by Gasteiger charge is -2.09. The Morgan fingerprint density at radius 1 is 0.944 bits per heavy atom. The van der Waals surface area contributed by atoms with Crippen LogP contribution in [0, 0.1) is 0 Å². The van der Waals surface area contributed by atoms with Crippen molar-refractivity contribution in [3.05, 3.63) is 60.2 Å². The molecule has 0 amide bonds. The summed E-state index contributed by atoms with van der Waals surface area (Å²) in [5, 5.41) is 0. The van der Waals surface area contributed by atoms with E-state index < -0.39 is 10.0 Å². The van der Waals surface area contributed by atoms with E-state index in [-0.39, 0.29) is 5.75 Å². The quantitative estimate of drug-likeness (QED) is 0.830. The zero-order chi connectivity index (χ0) is 13.0. The molecule has 0 bridgehead atoms. The molecule has 5 heteroatoms. The Kier molecular flexibility index (Phi) is 3.53. The van der Waals surface area contributed by atoms with Crippen LogP contribution in [0.3, 0.4) is 0 Å². The Hall–Kier alpha value is -2.01. The highest BCUT2D eigenvalue weighted by Crippen LogP contribution is 2.19. The fourth-order valence-electron chi connectivity index (χ4n) is 1.59. The first-order chi connectivity index (χ1) is 8.57. The van der Waals surface area contributed by atoms with E-state index in [9.17, 15) is 8.42 Å². The fourth-order valence-corrected chi connectivity index (χ4v) is 2.81. The minimum absolute atomic E-state index is 0.0673. The molecule has 0 aliphatic carbocycles. The van der Waals surface area contributed by atoms with E-state index in [2.05, 4.69) is 4.72 Å². The maximum Gasteiger partial charge on any atom is 0.236 e. The van der Waals surface area contributed by atoms with E-state index in [0.29, 0.717) is 11.4 Å². The van der Waals surface area contributed by atoms with Crippen LogP contribution in [0.15, 0.2) is 54.6 Å². The van der Waals surface area contributed by atoms with Crippen LogP contribution in [0.2, 0.25) is 0 Å². The van der Waals surface area contributed by atoms with Crippen molar-refractivity contribution in [1.82, 2.24) is 0 Å². The number of rotatable bonds is 4. The van der Waals surface area contributed by atoms with Crippen LogP contribution in [0.1, 0.15) is 5.56 Å². The molecule has 18 heavy (non-hydrogen) atoms. The van der Waals surface area contributed by atoms with E-state index in [1.165, 1.54) is 0 Å². The summed E-state index contributed by atoms with van der Waals surface area (Å²) in [5.74, 6) is -0.0673. The first kappa shape index (κ1) is 12.4. The fraction of sp³-hybridized carbons (Fsp3) is 0.0769. The monoisotopic (exact) mass is 262 g/mol. The molecule has 0 aliphatic heterocycles. The van der Waals surface area contributed by atoms with Gasteiger partial charge < -0.3 is 5.73 Å². The van der Waals surface area contributed by atoms with E-state index in [1.54, 1.807) is 36.4 Å². The molecule has 0 spiro atoms. The number of hydrogen-bond donors (Lipinski definition) is 2. The number of anilines is 2. The molecular formula is C13H14N2O2S. The molecule has 0 aromatic heterocycles. The van der Waals surface area contributed by atoms with Crippen molar-refractivity contribution in [2.75, 3.05) is 10.5 Å². The van der Waals surface area contributed by atoms with Crippen LogP contribution in [0.25, 0.3) is 0 Å². The number of nitrogens with two attached hydrogens (primary N) is 1. The van der Waals surface area contributed by atoms with Crippen LogP contribution in [-0.4, -0.2) is 8.42 Å². The standard InChI is InChI=1S/C13H14N2O2S/c14-12-8-4-5-9-13(12)15-18(16,17)10-11-6-2-1-3-7-11/h1-9,15H,10,14H2. The maximum atomic E-state index is 12.0. The first-order valence-electron chi connectivity index (χ1n) is 5.46. The molecule has 4 nitrogen and oxygen atoms in total. The Bertz CT molecular complexity index is 624. The molecular weight excluding hydrogens is 248 g/mol. The number of nitrogen functional groups attached to an aromatic ring is 1. The van der Waals surface area contributed by atoms with Crippen LogP contribution in [0.5, 0.6) is 0 Å². The average Bonchev–Trinajstić information content (AvgIpc) is 2.32. The number of para-hydroxylation sites is 2. The zero-order valence-corrected chi connectivity index (χ0v) is 10.5. The van der Waals surface area contributed by atoms with Crippen molar-refractivity contribution in [2.24, 2.45) is 0 Å². The number of nitrogens with one attached hydrogen (secondary N) is 1. The lowest BCUT2D eigenvalue weighted by molar-refractivity contribution is 0.600. The molecule has 0 aliphatic rings. The van der Waals surface area contributed by atoms with Gasteiger partial charge in [0, 0.05) is 0 Å². The molecule has 2 aromatic rings. The van der Waals surface area contributed by atoms with Gasteiger partial charge in [-0.05, 0) is 17.7 Å². The molecule has 2 rings (SSSR count). The molecule has 94 valence electrons. The van der Waals surface area contributed by atoms with Crippen molar-refractivity contribution in [2.45, 2.75) is 5.75 Å². The Morgan fingerprint density at radius 3 is 2.22 bits per heavy atom. The highest BCUT2D eigenvalue weighted by atomic mass is 32.2. The Morgan fingerprint density at radius 2 is 1.56 bits per heavy atom. The van der Waals surface area contributed by atoms with E-state index >= 15 is 0 Å². The van der Waals surface area contributed by atoms with Gasteiger partial charge in [0.05, 0.1) is 17.1 Å². The molecule has 0 fully saturated rings. The van der Waals surface area contributed by atoms with Crippen molar-refractivity contribution in [3.8, 4) is 0 Å². The van der Waals surface area contributed by atoms with E-state index in [4.69, 9.17) is 5.73 Å². The van der Waals surface area contributed by atoms with Crippen LogP contribution in [-0.2, 0) is 15.8 Å². The summed E-state index contributed by atoms with van der Waals surface area (Å²) in [6.07, 6.45) is 0. The maximum absolute atomic E-state index is 12.0. The minimum atomic E-state index is -3.44. The summed E-state index contributed by atoms with van der Waals surface area (Å²) in [7, 11) is -3.44. The van der Waals surface area contributed by atoms with Crippen LogP contribution in [0.4, 0.5) is 11.4 Å². The smallest absolute Gasteiger partial charge is 0.236 e. The molecule has 0 saturated heterocycles. The molecule has 0 radical (unpaired) electrons. The van der Waals surface area contributed by atoms with Gasteiger partial charge >= 0.3 is 0 Å². The Labute approximate surface area is 107 Å². The molecule has 2 aromatic carbocycles. The topological polar surface area (TPSA) is 72.2 Å². The van der Waals surface area contributed by atoms with Gasteiger partial charge in [0.1, 0.15) is 0 Å². The third-order valence-corrected chi connectivity index (χ3v) is 3.67. The second kappa shape index (κ2) is 5.10. The number of benzene rings is 2. The van der Waals surface area contributed by atoms with Gasteiger partial charge in [-0.15, -0.1) is 0 Å². The lowest BCUT2D eigenvalue weighted by Crippen LogP contribution is -2.15. The van der Waals surface area contributed by atoms with Gasteiger partial charge in [-0.2, -0.15) is 0 Å². The van der Waals surface area contributed by atoms with Gasteiger partial charge in [-0.1, -0.05) is 42.5 Å². The number of hydrogen-bond acceptors (Lipinski definition) is 3. The van der Waals surface area contributed by atoms with Crippen LogP contribution < -0.4 is 10.5 Å². The highest BCUT2D eigenvalue weighted by Gasteiger charge is 2.12. The zero-order valence-electron chi connectivity index (χ0n) is 9.71. The molecule has 3 N–H and O–H groups in total. The van der Waals surface area contributed by atoms with Gasteiger partial charge in [0.25, 0.3) is 0 Å².